The van der Waals surface area contributed by atoms with Crippen molar-refractivity contribution in [3.05, 3.63) is 29.8 Å². The normalized spacial score (nSPS) is 11.5. The van der Waals surface area contributed by atoms with Crippen molar-refractivity contribution in [3.8, 4) is 5.75 Å². The maximum atomic E-state index is 11.8. The van der Waals surface area contributed by atoms with Gasteiger partial charge in [-0.05, 0) is 43.6 Å². The van der Waals surface area contributed by atoms with Crippen molar-refractivity contribution in [3.63, 3.8) is 0 Å². The summed E-state index contributed by atoms with van der Waals surface area (Å²) in [5, 5.41) is 3.18. The van der Waals surface area contributed by atoms with Gasteiger partial charge in [0, 0.05) is 6.54 Å². The first-order valence-corrected chi connectivity index (χ1v) is 8.53. The van der Waals surface area contributed by atoms with E-state index in [9.17, 15) is 8.42 Å². The van der Waals surface area contributed by atoms with Crippen molar-refractivity contribution in [1.29, 1.82) is 0 Å². The summed E-state index contributed by atoms with van der Waals surface area (Å²) >= 11 is 0. The fourth-order valence-corrected chi connectivity index (χ4v) is 2.88. The number of ether oxygens (including phenoxy) is 1. The third-order valence-corrected chi connectivity index (χ3v) is 4.31. The standard InChI is InChI=1S/C14H24N2O3S/c1-3-15-9-4-5-10-20(17,18)16-12-13-7-6-8-14(11-13)19-2/h6-8,11,15-16H,3-5,9-10,12H2,1-2H3. The van der Waals surface area contributed by atoms with Crippen LogP contribution >= 0.6 is 0 Å². The number of methoxy groups -OCH3 is 1. The highest BCUT2D eigenvalue weighted by Crippen LogP contribution is 2.12. The second-order valence-corrected chi connectivity index (χ2v) is 6.48. The molecule has 5 nitrogen and oxygen atoms in total. The molecule has 0 bridgehead atoms. The smallest absolute Gasteiger partial charge is 0.211 e. The summed E-state index contributed by atoms with van der Waals surface area (Å²) in [6.45, 7) is 4.11. The van der Waals surface area contributed by atoms with Crippen molar-refractivity contribution in [2.24, 2.45) is 0 Å². The summed E-state index contributed by atoms with van der Waals surface area (Å²) in [6.07, 6.45) is 1.54. The summed E-state index contributed by atoms with van der Waals surface area (Å²) in [4.78, 5) is 0. The minimum Gasteiger partial charge on any atom is -0.497 e. The third-order valence-electron chi connectivity index (χ3n) is 2.90. The third kappa shape index (κ3) is 6.88. The molecule has 0 unspecified atom stereocenters. The lowest BCUT2D eigenvalue weighted by Gasteiger charge is -2.08. The lowest BCUT2D eigenvalue weighted by atomic mass is 10.2. The van der Waals surface area contributed by atoms with Gasteiger partial charge in [-0.25, -0.2) is 13.1 Å². The molecule has 2 N–H and O–H groups in total. The lowest BCUT2D eigenvalue weighted by Crippen LogP contribution is -2.26. The second-order valence-electron chi connectivity index (χ2n) is 4.55. The van der Waals surface area contributed by atoms with Crippen molar-refractivity contribution in [2.75, 3.05) is 26.0 Å². The zero-order valence-electron chi connectivity index (χ0n) is 12.2. The van der Waals surface area contributed by atoms with Gasteiger partial charge in [-0.15, -0.1) is 0 Å². The molecule has 1 aromatic rings. The van der Waals surface area contributed by atoms with Crippen LogP contribution in [0.25, 0.3) is 0 Å². The predicted molar refractivity (Wildman–Crippen MR) is 81.4 cm³/mol. The summed E-state index contributed by atoms with van der Waals surface area (Å²) in [7, 11) is -1.61. The van der Waals surface area contributed by atoms with Crippen LogP contribution in [0.4, 0.5) is 0 Å². The molecule has 0 amide bonds. The molecular formula is C14H24N2O3S. The molecule has 0 saturated heterocycles. The van der Waals surface area contributed by atoms with E-state index in [0.717, 1.165) is 30.8 Å². The number of sulfonamides is 1. The maximum Gasteiger partial charge on any atom is 0.211 e. The molecule has 20 heavy (non-hydrogen) atoms. The zero-order chi connectivity index (χ0) is 14.8. The fourth-order valence-electron chi connectivity index (χ4n) is 1.77. The highest BCUT2D eigenvalue weighted by Gasteiger charge is 2.09. The Morgan fingerprint density at radius 2 is 2.05 bits per heavy atom. The van der Waals surface area contributed by atoms with Crippen LogP contribution in [-0.4, -0.2) is 34.4 Å². The summed E-state index contributed by atoms with van der Waals surface area (Å²) in [5.41, 5.74) is 0.889. The number of nitrogens with one attached hydrogen (secondary N) is 2. The van der Waals surface area contributed by atoms with Crippen LogP contribution in [0.2, 0.25) is 0 Å². The topological polar surface area (TPSA) is 67.4 Å². The van der Waals surface area contributed by atoms with Crippen LogP contribution in [0.1, 0.15) is 25.3 Å². The monoisotopic (exact) mass is 300 g/mol. The van der Waals surface area contributed by atoms with E-state index < -0.39 is 10.0 Å². The maximum absolute atomic E-state index is 11.8. The van der Waals surface area contributed by atoms with Crippen molar-refractivity contribution < 1.29 is 13.2 Å². The Balaban J connectivity index is 2.35. The number of rotatable bonds is 10. The molecule has 6 heteroatoms. The molecule has 0 aliphatic heterocycles. The Hall–Kier alpha value is -1.11. The quantitative estimate of drug-likeness (QED) is 0.643. The van der Waals surface area contributed by atoms with Crippen LogP contribution < -0.4 is 14.8 Å². The molecule has 1 rings (SSSR count). The lowest BCUT2D eigenvalue weighted by molar-refractivity contribution is 0.414. The molecule has 0 saturated carbocycles. The molecule has 114 valence electrons. The Morgan fingerprint density at radius 3 is 2.75 bits per heavy atom. The Bertz CT molecular complexity index is 489. The molecule has 0 spiro atoms. The van der Waals surface area contributed by atoms with Gasteiger partial charge < -0.3 is 10.1 Å². The van der Waals surface area contributed by atoms with Gasteiger partial charge in [0.05, 0.1) is 12.9 Å². The van der Waals surface area contributed by atoms with E-state index in [1.54, 1.807) is 7.11 Å². The van der Waals surface area contributed by atoms with E-state index in [0.29, 0.717) is 13.0 Å². The van der Waals surface area contributed by atoms with Crippen LogP contribution in [0.15, 0.2) is 24.3 Å². The van der Waals surface area contributed by atoms with Gasteiger partial charge >= 0.3 is 0 Å². The number of unbranched alkanes of at least 4 members (excludes halogenated alkanes) is 1. The van der Waals surface area contributed by atoms with Gasteiger partial charge in [-0.1, -0.05) is 19.1 Å². The van der Waals surface area contributed by atoms with Crippen LogP contribution in [-0.2, 0) is 16.6 Å². The molecule has 0 aliphatic rings. The average molecular weight is 300 g/mol. The van der Waals surface area contributed by atoms with E-state index in [1.807, 2.05) is 31.2 Å². The van der Waals surface area contributed by atoms with Gasteiger partial charge in [0.2, 0.25) is 10.0 Å². The van der Waals surface area contributed by atoms with Crippen LogP contribution in [0.3, 0.4) is 0 Å². The molecule has 0 aliphatic carbocycles. The first-order chi connectivity index (χ1) is 9.57. The summed E-state index contributed by atoms with van der Waals surface area (Å²) in [5.74, 6) is 0.898. The van der Waals surface area contributed by atoms with E-state index in [1.165, 1.54) is 0 Å². The molecule has 1 aromatic carbocycles. The van der Waals surface area contributed by atoms with Crippen molar-refractivity contribution >= 4 is 10.0 Å². The SMILES string of the molecule is CCNCCCCS(=O)(=O)NCc1cccc(OC)c1. The largest absolute Gasteiger partial charge is 0.497 e. The first kappa shape index (κ1) is 16.9. The second kappa shape index (κ2) is 8.94. The van der Waals surface area contributed by atoms with Gasteiger partial charge in [0.25, 0.3) is 0 Å². The van der Waals surface area contributed by atoms with Crippen molar-refractivity contribution in [2.45, 2.75) is 26.3 Å². The molecule has 0 radical (unpaired) electrons. The van der Waals surface area contributed by atoms with Gasteiger partial charge in [0.15, 0.2) is 0 Å². The number of hydrogen-bond donors (Lipinski definition) is 2. The van der Waals surface area contributed by atoms with E-state index in [4.69, 9.17) is 4.74 Å². The van der Waals surface area contributed by atoms with Crippen LogP contribution in [0, 0.1) is 0 Å². The van der Waals surface area contributed by atoms with Gasteiger partial charge in [-0.3, -0.25) is 0 Å². The summed E-state index contributed by atoms with van der Waals surface area (Å²) < 4.78 is 31.4. The van der Waals surface area contributed by atoms with Crippen molar-refractivity contribution in [1.82, 2.24) is 10.0 Å². The van der Waals surface area contributed by atoms with E-state index >= 15 is 0 Å². The Labute approximate surface area is 121 Å². The molecule has 0 fully saturated rings. The molecule has 0 aromatic heterocycles. The fraction of sp³-hybridized carbons (Fsp3) is 0.571. The van der Waals surface area contributed by atoms with Crippen LogP contribution in [0.5, 0.6) is 5.75 Å². The Kier molecular flexibility index (Phi) is 7.58. The molecule has 0 heterocycles. The summed E-state index contributed by atoms with van der Waals surface area (Å²) in [6, 6.07) is 7.38. The minimum absolute atomic E-state index is 0.169. The van der Waals surface area contributed by atoms with Gasteiger partial charge in [-0.2, -0.15) is 0 Å². The van der Waals surface area contributed by atoms with E-state index in [-0.39, 0.29) is 5.75 Å². The minimum atomic E-state index is -3.21. The highest BCUT2D eigenvalue weighted by molar-refractivity contribution is 7.89. The highest BCUT2D eigenvalue weighted by atomic mass is 32.2. The predicted octanol–water partition coefficient (Wildman–Crippen LogP) is 1.50. The number of benzene rings is 1. The average Bonchev–Trinajstić information content (AvgIpc) is 2.45. The molecule has 0 atom stereocenters. The first-order valence-electron chi connectivity index (χ1n) is 6.88. The number of hydrogen-bond acceptors (Lipinski definition) is 4. The van der Waals surface area contributed by atoms with Gasteiger partial charge in [0.1, 0.15) is 5.75 Å². The Morgan fingerprint density at radius 1 is 1.25 bits per heavy atom. The van der Waals surface area contributed by atoms with E-state index in [2.05, 4.69) is 10.0 Å². The molecular weight excluding hydrogens is 276 g/mol. The zero-order valence-corrected chi connectivity index (χ0v) is 13.0.